The Morgan fingerprint density at radius 3 is 2.71 bits per heavy atom. The Balaban J connectivity index is 3.61. The summed E-state index contributed by atoms with van der Waals surface area (Å²) in [5.41, 5.74) is 6.11. The summed E-state index contributed by atoms with van der Waals surface area (Å²) >= 11 is 1.76. The minimum Gasteiger partial charge on any atom is -0.355 e. The molecule has 0 spiro atoms. The molecule has 1 atom stereocenters. The Bertz CT molecular complexity index is 236. The fourth-order valence-corrected chi connectivity index (χ4v) is 2.18. The van der Waals surface area contributed by atoms with Crippen LogP contribution in [0.3, 0.4) is 0 Å². The molecular weight excluding hydrogens is 232 g/mol. The molecule has 0 aliphatic heterocycles. The Hall–Kier alpha value is -0.480. The molecule has 0 bridgehead atoms. The maximum absolute atomic E-state index is 11.6. The van der Waals surface area contributed by atoms with Crippen LogP contribution in [0.1, 0.15) is 33.6 Å². The first kappa shape index (κ1) is 16.5. The van der Waals surface area contributed by atoms with Crippen LogP contribution < -0.4 is 11.1 Å². The van der Waals surface area contributed by atoms with Crippen LogP contribution in [0.4, 0.5) is 0 Å². The Morgan fingerprint density at radius 1 is 1.53 bits per heavy atom. The smallest absolute Gasteiger partial charge is 0.221 e. The van der Waals surface area contributed by atoms with E-state index in [4.69, 9.17) is 5.73 Å². The number of thioether (sulfide) groups is 1. The van der Waals surface area contributed by atoms with Gasteiger partial charge in [-0.25, -0.2) is 0 Å². The summed E-state index contributed by atoms with van der Waals surface area (Å²) in [5, 5.41) is 2.88. The highest BCUT2D eigenvalue weighted by Crippen LogP contribution is 2.20. The highest BCUT2D eigenvalue weighted by atomic mass is 32.2. The van der Waals surface area contributed by atoms with Gasteiger partial charge in [0.1, 0.15) is 0 Å². The van der Waals surface area contributed by atoms with Crippen LogP contribution in [0.15, 0.2) is 12.7 Å². The van der Waals surface area contributed by atoms with Gasteiger partial charge < -0.3 is 11.1 Å². The van der Waals surface area contributed by atoms with E-state index in [-0.39, 0.29) is 17.4 Å². The third-order valence-electron chi connectivity index (χ3n) is 2.13. The second-order valence-electron chi connectivity index (χ2n) is 5.44. The third-order valence-corrected chi connectivity index (χ3v) is 3.09. The normalized spacial score (nSPS) is 13.2. The number of amides is 1. The van der Waals surface area contributed by atoms with Crippen molar-refractivity contribution in [3.8, 4) is 0 Å². The summed E-state index contributed by atoms with van der Waals surface area (Å²) in [6, 6.07) is -0.0455. The average molecular weight is 258 g/mol. The Kier molecular flexibility index (Phi) is 8.35. The highest BCUT2D eigenvalue weighted by molar-refractivity contribution is 7.99. The lowest BCUT2D eigenvalue weighted by molar-refractivity contribution is -0.121. The van der Waals surface area contributed by atoms with Crippen LogP contribution in [0.25, 0.3) is 0 Å². The molecule has 17 heavy (non-hydrogen) atoms. The number of rotatable bonds is 8. The summed E-state index contributed by atoms with van der Waals surface area (Å²) in [6.45, 7) is 10.8. The molecule has 4 heteroatoms. The second-order valence-corrected chi connectivity index (χ2v) is 6.59. The van der Waals surface area contributed by atoms with Gasteiger partial charge in [0.05, 0.1) is 0 Å². The quantitative estimate of drug-likeness (QED) is 0.518. The molecule has 0 aromatic heterocycles. The number of nitrogens with one attached hydrogen (secondary N) is 1. The van der Waals surface area contributed by atoms with E-state index in [1.807, 2.05) is 6.08 Å². The van der Waals surface area contributed by atoms with Crippen LogP contribution in [-0.4, -0.2) is 30.0 Å². The van der Waals surface area contributed by atoms with Crippen molar-refractivity contribution in [1.29, 1.82) is 0 Å². The minimum absolute atomic E-state index is 0.0455. The van der Waals surface area contributed by atoms with E-state index < -0.39 is 0 Å². The summed E-state index contributed by atoms with van der Waals surface area (Å²) in [6.07, 6.45) is 3.15. The van der Waals surface area contributed by atoms with Crippen molar-refractivity contribution >= 4 is 17.7 Å². The van der Waals surface area contributed by atoms with Gasteiger partial charge in [-0.15, -0.1) is 6.58 Å². The van der Waals surface area contributed by atoms with Gasteiger partial charge in [-0.05, 0) is 11.8 Å². The molecule has 3 N–H and O–H groups in total. The number of carbonyl (C=O) groups is 1. The minimum atomic E-state index is -0.0455. The lowest BCUT2D eigenvalue weighted by atomic mass is 9.87. The second kappa shape index (κ2) is 8.59. The molecular formula is C13H26N2OS. The van der Waals surface area contributed by atoms with Crippen molar-refractivity contribution in [3.05, 3.63) is 12.7 Å². The van der Waals surface area contributed by atoms with Gasteiger partial charge in [0.25, 0.3) is 0 Å². The molecule has 3 nitrogen and oxygen atoms in total. The third kappa shape index (κ3) is 11.8. The molecule has 1 unspecified atom stereocenters. The Labute approximate surface area is 110 Å². The van der Waals surface area contributed by atoms with Crippen molar-refractivity contribution in [3.63, 3.8) is 0 Å². The van der Waals surface area contributed by atoms with Crippen LogP contribution in [0.2, 0.25) is 0 Å². The van der Waals surface area contributed by atoms with Crippen molar-refractivity contribution in [2.45, 2.75) is 39.7 Å². The van der Waals surface area contributed by atoms with E-state index in [1.54, 1.807) is 11.8 Å². The molecule has 0 aromatic rings. The number of carbonyl (C=O) groups excluding carboxylic acids is 1. The van der Waals surface area contributed by atoms with Crippen molar-refractivity contribution in [2.24, 2.45) is 11.1 Å². The Morgan fingerprint density at radius 2 is 2.18 bits per heavy atom. The van der Waals surface area contributed by atoms with Gasteiger partial charge >= 0.3 is 0 Å². The zero-order chi connectivity index (χ0) is 13.3. The van der Waals surface area contributed by atoms with Gasteiger partial charge in [0.15, 0.2) is 0 Å². The maximum Gasteiger partial charge on any atom is 0.221 e. The molecule has 0 fully saturated rings. The highest BCUT2D eigenvalue weighted by Gasteiger charge is 2.17. The molecule has 0 aliphatic carbocycles. The van der Waals surface area contributed by atoms with Gasteiger partial charge in [0, 0.05) is 30.5 Å². The summed E-state index contributed by atoms with van der Waals surface area (Å²) in [7, 11) is 0. The lowest BCUT2D eigenvalue weighted by Crippen LogP contribution is -2.35. The largest absolute Gasteiger partial charge is 0.355 e. The van der Waals surface area contributed by atoms with E-state index in [0.717, 1.165) is 17.9 Å². The van der Waals surface area contributed by atoms with Crippen molar-refractivity contribution < 1.29 is 4.79 Å². The first-order valence-electron chi connectivity index (χ1n) is 6.06. The van der Waals surface area contributed by atoms with Crippen LogP contribution in [-0.2, 0) is 4.79 Å². The van der Waals surface area contributed by atoms with E-state index >= 15 is 0 Å². The SMILES string of the molecule is C=CCSCCNC(=O)CC(N)CC(C)(C)C. The van der Waals surface area contributed by atoms with E-state index in [2.05, 4.69) is 32.7 Å². The number of hydrogen-bond donors (Lipinski definition) is 2. The molecule has 0 saturated carbocycles. The standard InChI is InChI=1S/C13H26N2OS/c1-5-7-17-8-6-15-12(16)9-11(14)10-13(2,3)4/h5,11H,1,6-10,14H2,2-4H3,(H,15,16). The average Bonchev–Trinajstić information content (AvgIpc) is 2.14. The number of nitrogens with two attached hydrogens (primary N) is 1. The molecule has 0 radical (unpaired) electrons. The zero-order valence-corrected chi connectivity index (χ0v) is 12.1. The fraction of sp³-hybridized carbons (Fsp3) is 0.769. The summed E-state index contributed by atoms with van der Waals surface area (Å²) < 4.78 is 0. The predicted molar refractivity (Wildman–Crippen MR) is 77.2 cm³/mol. The molecule has 1 amide bonds. The first-order chi connectivity index (χ1) is 7.85. The molecule has 0 aliphatic rings. The predicted octanol–water partition coefficient (Wildman–Crippen LogP) is 2.18. The van der Waals surface area contributed by atoms with Crippen LogP contribution >= 0.6 is 11.8 Å². The zero-order valence-electron chi connectivity index (χ0n) is 11.3. The maximum atomic E-state index is 11.6. The van der Waals surface area contributed by atoms with Crippen molar-refractivity contribution in [1.82, 2.24) is 5.32 Å². The molecule has 0 heterocycles. The van der Waals surface area contributed by atoms with Gasteiger partial charge in [-0.1, -0.05) is 26.8 Å². The van der Waals surface area contributed by atoms with E-state index in [0.29, 0.717) is 13.0 Å². The number of hydrogen-bond acceptors (Lipinski definition) is 3. The van der Waals surface area contributed by atoms with E-state index in [1.165, 1.54) is 0 Å². The van der Waals surface area contributed by atoms with Gasteiger partial charge in [0.2, 0.25) is 5.91 Å². The van der Waals surface area contributed by atoms with Crippen LogP contribution in [0.5, 0.6) is 0 Å². The van der Waals surface area contributed by atoms with Crippen LogP contribution in [0, 0.1) is 5.41 Å². The monoisotopic (exact) mass is 258 g/mol. The molecule has 0 saturated heterocycles. The topological polar surface area (TPSA) is 55.1 Å². The fourth-order valence-electron chi connectivity index (χ4n) is 1.60. The summed E-state index contributed by atoms with van der Waals surface area (Å²) in [4.78, 5) is 11.6. The summed E-state index contributed by atoms with van der Waals surface area (Å²) in [5.74, 6) is 1.91. The first-order valence-corrected chi connectivity index (χ1v) is 7.21. The molecule has 0 rings (SSSR count). The van der Waals surface area contributed by atoms with Gasteiger partial charge in [-0.2, -0.15) is 11.8 Å². The molecule has 100 valence electrons. The van der Waals surface area contributed by atoms with E-state index in [9.17, 15) is 4.79 Å². The lowest BCUT2D eigenvalue weighted by Gasteiger charge is -2.22. The van der Waals surface area contributed by atoms with Gasteiger partial charge in [-0.3, -0.25) is 4.79 Å². The van der Waals surface area contributed by atoms with Crippen molar-refractivity contribution in [2.75, 3.05) is 18.1 Å². The molecule has 0 aromatic carbocycles.